The molecule has 7 heteroatoms. The van der Waals surface area contributed by atoms with Crippen molar-refractivity contribution in [3.8, 4) is 0 Å². The maximum atomic E-state index is 10.7. The molecule has 0 saturated heterocycles. The van der Waals surface area contributed by atoms with Crippen LogP contribution >= 0.6 is 43.2 Å². The van der Waals surface area contributed by atoms with E-state index in [0.717, 1.165) is 10.2 Å². The Morgan fingerprint density at radius 3 is 2.61 bits per heavy atom. The Hall–Kier alpha value is -0.920. The van der Waals surface area contributed by atoms with E-state index in [1.54, 1.807) is 23.5 Å². The summed E-state index contributed by atoms with van der Waals surface area (Å²) in [5, 5.41) is 15.9. The molecule has 1 heterocycles. The molecule has 94 valence electrons. The number of nitro benzene ring substituents is 1. The Balaban J connectivity index is 2.09. The van der Waals surface area contributed by atoms with E-state index in [1.807, 2.05) is 11.4 Å². The zero-order valence-electron chi connectivity index (χ0n) is 9.02. The average Bonchev–Trinajstić information content (AvgIpc) is 2.72. The molecule has 0 fully saturated rings. The molecule has 1 aromatic carbocycles. The number of nitrogens with zero attached hydrogens (tertiary/aromatic N) is 1. The summed E-state index contributed by atoms with van der Waals surface area (Å²) in [4.78, 5) is 11.4. The second-order valence-electron chi connectivity index (χ2n) is 3.47. The van der Waals surface area contributed by atoms with Crippen LogP contribution < -0.4 is 5.32 Å². The minimum atomic E-state index is -0.413. The molecule has 0 amide bonds. The Bertz CT molecular complexity index is 586. The SMILES string of the molecule is O=[N+]([O-])c1ccc(NCc2sccc2Br)cc1Br. The van der Waals surface area contributed by atoms with E-state index in [2.05, 4.69) is 37.2 Å². The van der Waals surface area contributed by atoms with Crippen molar-refractivity contribution < 1.29 is 4.92 Å². The van der Waals surface area contributed by atoms with Gasteiger partial charge in [-0.05, 0) is 55.4 Å². The number of nitro groups is 1. The quantitative estimate of drug-likeness (QED) is 0.601. The lowest BCUT2D eigenvalue weighted by Crippen LogP contribution is -1.98. The molecule has 4 nitrogen and oxygen atoms in total. The van der Waals surface area contributed by atoms with Crippen molar-refractivity contribution in [2.24, 2.45) is 0 Å². The molecule has 0 aliphatic carbocycles. The van der Waals surface area contributed by atoms with Crippen molar-refractivity contribution in [1.82, 2.24) is 0 Å². The van der Waals surface area contributed by atoms with E-state index in [0.29, 0.717) is 11.0 Å². The number of rotatable bonds is 4. The molecule has 0 atom stereocenters. The van der Waals surface area contributed by atoms with Crippen LogP contribution in [0.1, 0.15) is 4.88 Å². The first-order valence-electron chi connectivity index (χ1n) is 4.97. The van der Waals surface area contributed by atoms with Gasteiger partial charge in [0.15, 0.2) is 0 Å². The van der Waals surface area contributed by atoms with Gasteiger partial charge in [-0.25, -0.2) is 0 Å². The lowest BCUT2D eigenvalue weighted by molar-refractivity contribution is -0.385. The first-order valence-corrected chi connectivity index (χ1v) is 7.44. The lowest BCUT2D eigenvalue weighted by Gasteiger charge is -2.06. The van der Waals surface area contributed by atoms with Crippen LogP contribution in [0.2, 0.25) is 0 Å². The lowest BCUT2D eigenvalue weighted by atomic mass is 10.3. The van der Waals surface area contributed by atoms with Crippen molar-refractivity contribution >= 4 is 54.6 Å². The van der Waals surface area contributed by atoms with Crippen molar-refractivity contribution in [2.45, 2.75) is 6.54 Å². The molecular formula is C11H8Br2N2O2S. The number of hydrogen-bond donors (Lipinski definition) is 1. The number of halogens is 2. The number of benzene rings is 1. The van der Waals surface area contributed by atoms with Gasteiger partial charge in [0.1, 0.15) is 0 Å². The summed E-state index contributed by atoms with van der Waals surface area (Å²) in [6.07, 6.45) is 0. The second-order valence-corrected chi connectivity index (χ2v) is 6.18. The number of thiophene rings is 1. The number of anilines is 1. The zero-order chi connectivity index (χ0) is 13.1. The maximum Gasteiger partial charge on any atom is 0.283 e. The van der Waals surface area contributed by atoms with E-state index in [4.69, 9.17) is 0 Å². The van der Waals surface area contributed by atoms with Gasteiger partial charge in [0.25, 0.3) is 5.69 Å². The standard InChI is InChI=1S/C11H8Br2N2O2S/c12-8-3-4-18-11(8)6-14-7-1-2-10(15(16)17)9(13)5-7/h1-5,14H,6H2. The summed E-state index contributed by atoms with van der Waals surface area (Å²) >= 11 is 8.30. The highest BCUT2D eigenvalue weighted by molar-refractivity contribution is 9.11. The first kappa shape index (κ1) is 13.5. The molecule has 0 spiro atoms. The highest BCUT2D eigenvalue weighted by Gasteiger charge is 2.11. The van der Waals surface area contributed by atoms with Gasteiger partial charge >= 0.3 is 0 Å². The Morgan fingerprint density at radius 1 is 1.28 bits per heavy atom. The monoisotopic (exact) mass is 390 g/mol. The van der Waals surface area contributed by atoms with Gasteiger partial charge in [0.2, 0.25) is 0 Å². The first-order chi connectivity index (χ1) is 8.58. The highest BCUT2D eigenvalue weighted by Crippen LogP contribution is 2.29. The Morgan fingerprint density at radius 2 is 2.06 bits per heavy atom. The van der Waals surface area contributed by atoms with Crippen LogP contribution in [0.3, 0.4) is 0 Å². The topological polar surface area (TPSA) is 55.2 Å². The predicted molar refractivity (Wildman–Crippen MR) is 80.1 cm³/mol. The summed E-state index contributed by atoms with van der Waals surface area (Å²) in [5.74, 6) is 0. The smallest absolute Gasteiger partial charge is 0.283 e. The van der Waals surface area contributed by atoms with Gasteiger partial charge in [-0.2, -0.15) is 0 Å². The third-order valence-corrected chi connectivity index (χ3v) is 4.85. The molecule has 2 rings (SSSR count). The largest absolute Gasteiger partial charge is 0.380 e. The summed E-state index contributed by atoms with van der Waals surface area (Å²) in [7, 11) is 0. The fourth-order valence-corrected chi connectivity index (χ4v) is 3.35. The van der Waals surface area contributed by atoms with Gasteiger partial charge < -0.3 is 5.32 Å². The van der Waals surface area contributed by atoms with Crippen LogP contribution in [0.5, 0.6) is 0 Å². The molecule has 1 aromatic heterocycles. The van der Waals surface area contributed by atoms with Gasteiger partial charge in [-0.3, -0.25) is 10.1 Å². The third kappa shape index (κ3) is 3.09. The molecule has 0 saturated carbocycles. The Kier molecular flexibility index (Phi) is 4.36. The fourth-order valence-electron chi connectivity index (χ4n) is 1.40. The zero-order valence-corrected chi connectivity index (χ0v) is 13.0. The van der Waals surface area contributed by atoms with Crippen LogP contribution in [0.15, 0.2) is 38.6 Å². The normalized spacial score (nSPS) is 10.3. The number of nitrogens with one attached hydrogen (secondary N) is 1. The van der Waals surface area contributed by atoms with E-state index in [-0.39, 0.29) is 5.69 Å². The van der Waals surface area contributed by atoms with E-state index < -0.39 is 4.92 Å². The molecular weight excluding hydrogens is 384 g/mol. The molecule has 0 unspecified atom stereocenters. The minimum absolute atomic E-state index is 0.0675. The highest BCUT2D eigenvalue weighted by atomic mass is 79.9. The third-order valence-electron chi connectivity index (χ3n) is 2.29. The molecule has 2 aromatic rings. The summed E-state index contributed by atoms with van der Waals surface area (Å²) in [6, 6.07) is 6.88. The van der Waals surface area contributed by atoms with Crippen molar-refractivity contribution in [3.05, 3.63) is 53.6 Å². The van der Waals surface area contributed by atoms with Crippen LogP contribution in [0.25, 0.3) is 0 Å². The van der Waals surface area contributed by atoms with E-state index in [9.17, 15) is 10.1 Å². The van der Waals surface area contributed by atoms with Crippen molar-refractivity contribution in [1.29, 1.82) is 0 Å². The summed E-state index contributed by atoms with van der Waals surface area (Å²) < 4.78 is 1.55. The number of hydrogen-bond acceptors (Lipinski definition) is 4. The molecule has 0 radical (unpaired) electrons. The van der Waals surface area contributed by atoms with E-state index in [1.165, 1.54) is 10.9 Å². The molecule has 1 N–H and O–H groups in total. The van der Waals surface area contributed by atoms with Crippen LogP contribution in [0.4, 0.5) is 11.4 Å². The molecule has 0 aliphatic rings. The van der Waals surface area contributed by atoms with Gasteiger partial charge in [0, 0.05) is 21.1 Å². The molecule has 0 aliphatic heterocycles. The van der Waals surface area contributed by atoms with Crippen molar-refractivity contribution in [3.63, 3.8) is 0 Å². The average molecular weight is 392 g/mol. The summed E-state index contributed by atoms with van der Waals surface area (Å²) in [5.41, 5.74) is 0.908. The summed E-state index contributed by atoms with van der Waals surface area (Å²) in [6.45, 7) is 0.683. The Labute approximate surface area is 124 Å². The van der Waals surface area contributed by atoms with Crippen LogP contribution in [-0.2, 0) is 6.54 Å². The van der Waals surface area contributed by atoms with Crippen molar-refractivity contribution in [2.75, 3.05) is 5.32 Å². The predicted octanol–water partition coefficient (Wildman–Crippen LogP) is 4.79. The second kappa shape index (κ2) is 5.81. The van der Waals surface area contributed by atoms with Gasteiger partial charge in [0.05, 0.1) is 15.9 Å². The maximum absolute atomic E-state index is 10.7. The molecule has 0 bridgehead atoms. The van der Waals surface area contributed by atoms with Gasteiger partial charge in [-0.1, -0.05) is 0 Å². The fraction of sp³-hybridized carbons (Fsp3) is 0.0909. The van der Waals surface area contributed by atoms with Gasteiger partial charge in [-0.15, -0.1) is 11.3 Å². The van der Waals surface area contributed by atoms with Crippen LogP contribution in [0, 0.1) is 10.1 Å². The van der Waals surface area contributed by atoms with Crippen LogP contribution in [-0.4, -0.2) is 4.92 Å². The molecule has 18 heavy (non-hydrogen) atoms. The van der Waals surface area contributed by atoms with E-state index >= 15 is 0 Å². The minimum Gasteiger partial charge on any atom is -0.380 e.